The van der Waals surface area contributed by atoms with Crippen LogP contribution in [-0.2, 0) is 23.2 Å². The number of ether oxygens (including phenoxy) is 2. The van der Waals surface area contributed by atoms with Crippen LogP contribution in [0.2, 0.25) is 0 Å². The Bertz CT molecular complexity index is 1080. The molecule has 3 rings (SSSR count). The van der Waals surface area contributed by atoms with Crippen LogP contribution >= 0.6 is 11.3 Å². The van der Waals surface area contributed by atoms with E-state index < -0.39 is 10.0 Å². The molecule has 0 amide bonds. The molecule has 1 heterocycles. The predicted octanol–water partition coefficient (Wildman–Crippen LogP) is 4.17. The Morgan fingerprint density at radius 2 is 1.83 bits per heavy atom. The molecule has 0 aliphatic carbocycles. The zero-order valence-electron chi connectivity index (χ0n) is 16.9. The Morgan fingerprint density at radius 1 is 1.10 bits per heavy atom. The zero-order valence-corrected chi connectivity index (χ0v) is 18.5. The zero-order chi connectivity index (χ0) is 21.0. The van der Waals surface area contributed by atoms with Crippen molar-refractivity contribution in [1.29, 1.82) is 0 Å². The van der Waals surface area contributed by atoms with E-state index in [1.54, 1.807) is 26.3 Å². The topological polar surface area (TPSA) is 68.7 Å². The Kier molecular flexibility index (Phi) is 6.56. The summed E-state index contributed by atoms with van der Waals surface area (Å²) in [5, 5.41) is 2.66. The molecule has 0 atom stereocenters. The monoisotopic (exact) mass is 432 g/mol. The number of thiazole rings is 1. The standard InChI is InChI=1S/C21H24N2O4S2/c1-15-6-5-7-20(16(15)2)27-13-21-22-17(14-28-21)12-23(3)29(24,25)19-10-8-18(26-4)9-11-19/h5-11,14H,12-13H2,1-4H3. The first-order valence-electron chi connectivity index (χ1n) is 9.04. The van der Waals surface area contributed by atoms with E-state index in [1.807, 2.05) is 37.4 Å². The summed E-state index contributed by atoms with van der Waals surface area (Å²) in [5.41, 5.74) is 2.97. The van der Waals surface area contributed by atoms with E-state index in [-0.39, 0.29) is 11.4 Å². The molecular weight excluding hydrogens is 408 g/mol. The van der Waals surface area contributed by atoms with Crippen molar-refractivity contribution in [2.24, 2.45) is 0 Å². The van der Waals surface area contributed by atoms with Gasteiger partial charge in [0, 0.05) is 12.4 Å². The van der Waals surface area contributed by atoms with Crippen molar-refractivity contribution >= 4 is 21.4 Å². The SMILES string of the molecule is COc1ccc(S(=O)(=O)N(C)Cc2csc(COc3cccc(C)c3C)n2)cc1. The third kappa shape index (κ3) is 4.95. The highest BCUT2D eigenvalue weighted by molar-refractivity contribution is 7.89. The lowest BCUT2D eigenvalue weighted by atomic mass is 10.1. The van der Waals surface area contributed by atoms with E-state index in [0.717, 1.165) is 16.3 Å². The molecule has 0 aliphatic heterocycles. The van der Waals surface area contributed by atoms with Crippen molar-refractivity contribution in [2.45, 2.75) is 31.9 Å². The molecule has 0 aliphatic rings. The number of aryl methyl sites for hydroxylation is 1. The second-order valence-corrected chi connectivity index (χ2v) is 9.64. The normalized spacial score (nSPS) is 11.6. The molecule has 0 N–H and O–H groups in total. The molecule has 0 fully saturated rings. The second-order valence-electron chi connectivity index (χ2n) is 6.66. The average molecular weight is 433 g/mol. The van der Waals surface area contributed by atoms with Crippen LogP contribution in [0, 0.1) is 13.8 Å². The lowest BCUT2D eigenvalue weighted by molar-refractivity contribution is 0.302. The molecule has 6 nitrogen and oxygen atoms in total. The lowest BCUT2D eigenvalue weighted by Crippen LogP contribution is -2.26. The number of methoxy groups -OCH3 is 1. The molecule has 0 unspecified atom stereocenters. The first-order valence-corrected chi connectivity index (χ1v) is 11.4. The third-order valence-corrected chi connectivity index (χ3v) is 7.35. The first kappa shape index (κ1) is 21.3. The van der Waals surface area contributed by atoms with Crippen molar-refractivity contribution in [3.63, 3.8) is 0 Å². The van der Waals surface area contributed by atoms with E-state index >= 15 is 0 Å². The third-order valence-electron chi connectivity index (χ3n) is 4.66. The van der Waals surface area contributed by atoms with Crippen molar-refractivity contribution in [3.8, 4) is 11.5 Å². The molecular formula is C21H24N2O4S2. The van der Waals surface area contributed by atoms with Crippen molar-refractivity contribution in [3.05, 3.63) is 69.7 Å². The van der Waals surface area contributed by atoms with Gasteiger partial charge in [0.05, 0.1) is 24.2 Å². The summed E-state index contributed by atoms with van der Waals surface area (Å²) in [7, 11) is -0.519. The molecule has 0 saturated carbocycles. The van der Waals surface area contributed by atoms with Gasteiger partial charge >= 0.3 is 0 Å². The minimum absolute atomic E-state index is 0.189. The summed E-state index contributed by atoms with van der Waals surface area (Å²) in [5.74, 6) is 1.44. The molecule has 2 aromatic carbocycles. The first-order chi connectivity index (χ1) is 13.8. The van der Waals surface area contributed by atoms with E-state index in [9.17, 15) is 8.42 Å². The Labute approximate surface area is 175 Å². The highest BCUT2D eigenvalue weighted by Gasteiger charge is 2.22. The van der Waals surface area contributed by atoms with Gasteiger partial charge in [0.15, 0.2) is 0 Å². The Hall–Kier alpha value is -2.42. The maximum atomic E-state index is 12.8. The van der Waals surface area contributed by atoms with Crippen LogP contribution < -0.4 is 9.47 Å². The van der Waals surface area contributed by atoms with Gasteiger partial charge in [-0.25, -0.2) is 13.4 Å². The van der Waals surface area contributed by atoms with Gasteiger partial charge in [0.1, 0.15) is 23.1 Å². The highest BCUT2D eigenvalue weighted by atomic mass is 32.2. The molecule has 29 heavy (non-hydrogen) atoms. The molecule has 154 valence electrons. The van der Waals surface area contributed by atoms with Crippen molar-refractivity contribution in [2.75, 3.05) is 14.2 Å². The van der Waals surface area contributed by atoms with Gasteiger partial charge in [-0.05, 0) is 55.3 Å². The van der Waals surface area contributed by atoms with Gasteiger partial charge in [-0.1, -0.05) is 12.1 Å². The van der Waals surface area contributed by atoms with E-state index in [1.165, 1.54) is 33.3 Å². The summed E-state index contributed by atoms with van der Waals surface area (Å²) < 4.78 is 37.8. The van der Waals surface area contributed by atoms with Crippen molar-refractivity contribution < 1.29 is 17.9 Å². The Morgan fingerprint density at radius 3 is 2.52 bits per heavy atom. The fraction of sp³-hybridized carbons (Fsp3) is 0.286. The molecule has 0 spiro atoms. The number of sulfonamides is 1. The lowest BCUT2D eigenvalue weighted by Gasteiger charge is -2.16. The number of aromatic nitrogens is 1. The maximum Gasteiger partial charge on any atom is 0.243 e. The van der Waals surface area contributed by atoms with Gasteiger partial charge in [-0.3, -0.25) is 0 Å². The Balaban J connectivity index is 1.64. The van der Waals surface area contributed by atoms with E-state index in [4.69, 9.17) is 9.47 Å². The maximum absolute atomic E-state index is 12.8. The van der Waals surface area contributed by atoms with Gasteiger partial charge in [0.2, 0.25) is 10.0 Å². The number of benzene rings is 2. The summed E-state index contributed by atoms with van der Waals surface area (Å²) in [6, 6.07) is 12.3. The summed E-state index contributed by atoms with van der Waals surface area (Å²) in [4.78, 5) is 4.74. The number of rotatable bonds is 8. The molecule has 1 aromatic heterocycles. The van der Waals surface area contributed by atoms with Gasteiger partial charge in [0.25, 0.3) is 0 Å². The number of hydrogen-bond donors (Lipinski definition) is 0. The van der Waals surface area contributed by atoms with Gasteiger partial charge in [-0.2, -0.15) is 4.31 Å². The quantitative estimate of drug-likeness (QED) is 0.534. The van der Waals surface area contributed by atoms with E-state index in [0.29, 0.717) is 18.1 Å². The summed E-state index contributed by atoms with van der Waals surface area (Å²) in [6.07, 6.45) is 0. The van der Waals surface area contributed by atoms with Gasteiger partial charge < -0.3 is 9.47 Å². The van der Waals surface area contributed by atoms with Crippen LogP contribution in [0.3, 0.4) is 0 Å². The summed E-state index contributed by atoms with van der Waals surface area (Å²) >= 11 is 1.46. The number of nitrogens with zero attached hydrogens (tertiary/aromatic N) is 2. The minimum atomic E-state index is -3.61. The fourth-order valence-corrected chi connectivity index (χ4v) is 4.59. The smallest absolute Gasteiger partial charge is 0.243 e. The number of hydrogen-bond acceptors (Lipinski definition) is 6. The molecule has 8 heteroatoms. The molecule has 0 radical (unpaired) electrons. The van der Waals surface area contributed by atoms with Gasteiger partial charge in [-0.15, -0.1) is 11.3 Å². The van der Waals surface area contributed by atoms with Crippen LogP contribution in [0.25, 0.3) is 0 Å². The van der Waals surface area contributed by atoms with E-state index in [2.05, 4.69) is 4.98 Å². The fourth-order valence-electron chi connectivity index (χ4n) is 2.75. The molecule has 3 aromatic rings. The highest BCUT2D eigenvalue weighted by Crippen LogP contribution is 2.23. The van der Waals surface area contributed by atoms with Crippen LogP contribution in [-0.4, -0.2) is 31.9 Å². The molecule has 0 bridgehead atoms. The average Bonchev–Trinajstić information content (AvgIpc) is 3.16. The van der Waals surface area contributed by atoms with Crippen molar-refractivity contribution in [1.82, 2.24) is 9.29 Å². The predicted molar refractivity (Wildman–Crippen MR) is 114 cm³/mol. The minimum Gasteiger partial charge on any atom is -0.497 e. The van der Waals surface area contributed by atoms with Crippen LogP contribution in [0.1, 0.15) is 21.8 Å². The van der Waals surface area contributed by atoms with Crippen LogP contribution in [0.4, 0.5) is 0 Å². The largest absolute Gasteiger partial charge is 0.497 e. The summed E-state index contributed by atoms with van der Waals surface area (Å²) in [6.45, 7) is 4.61. The molecule has 0 saturated heterocycles. The second kappa shape index (κ2) is 8.94. The van der Waals surface area contributed by atoms with Crippen LogP contribution in [0.5, 0.6) is 11.5 Å². The van der Waals surface area contributed by atoms with Crippen LogP contribution in [0.15, 0.2) is 52.7 Å².